The molecule has 2 N–H and O–H groups in total. The van der Waals surface area contributed by atoms with E-state index in [0.29, 0.717) is 19.5 Å². The molecular weight excluding hydrogens is 369 g/mol. The number of carbonyl (C=O) groups is 2. The minimum absolute atomic E-state index is 0.180. The summed E-state index contributed by atoms with van der Waals surface area (Å²) < 4.78 is 12.9. The van der Waals surface area contributed by atoms with Crippen molar-refractivity contribution in [3.8, 4) is 0 Å². The Morgan fingerprint density at radius 3 is 1.76 bits per heavy atom. The molecule has 0 bridgehead atoms. The molecule has 0 saturated carbocycles. The molecule has 0 aliphatic rings. The quantitative estimate of drug-likeness (QED) is 0.620. The molecule has 3 aromatic rings. The van der Waals surface area contributed by atoms with Crippen LogP contribution in [0, 0.1) is 5.82 Å². The molecule has 2 amide bonds. The van der Waals surface area contributed by atoms with E-state index in [0.717, 1.165) is 17.5 Å². The van der Waals surface area contributed by atoms with Crippen molar-refractivity contribution in [1.29, 1.82) is 0 Å². The fraction of sp³-hybridized carbons (Fsp3) is 0.174. The van der Waals surface area contributed by atoms with E-state index >= 15 is 0 Å². The van der Waals surface area contributed by atoms with Gasteiger partial charge in [0.25, 0.3) is 11.8 Å². The summed E-state index contributed by atoms with van der Waals surface area (Å²) in [5, 5.41) is 5.58. The van der Waals surface area contributed by atoms with Crippen molar-refractivity contribution in [3.05, 3.63) is 101 Å². The molecule has 0 fully saturated rings. The second-order valence-corrected chi connectivity index (χ2v) is 6.53. The van der Waals surface area contributed by atoms with Gasteiger partial charge in [-0.1, -0.05) is 48.5 Å². The summed E-state index contributed by atoms with van der Waals surface area (Å²) in [4.78, 5) is 28.8. The third-order valence-electron chi connectivity index (χ3n) is 4.37. The highest BCUT2D eigenvalue weighted by Gasteiger charge is 2.12. The van der Waals surface area contributed by atoms with Gasteiger partial charge in [-0.2, -0.15) is 0 Å². The molecule has 0 unspecified atom stereocenters. The van der Waals surface area contributed by atoms with E-state index in [1.165, 1.54) is 12.1 Å². The lowest BCUT2D eigenvalue weighted by molar-refractivity contribution is 0.0945. The van der Waals surface area contributed by atoms with E-state index in [4.69, 9.17) is 0 Å². The second-order valence-electron chi connectivity index (χ2n) is 6.53. The van der Waals surface area contributed by atoms with Gasteiger partial charge in [-0.25, -0.2) is 9.37 Å². The molecule has 148 valence electrons. The highest BCUT2D eigenvalue weighted by molar-refractivity contribution is 5.96. The van der Waals surface area contributed by atoms with Crippen LogP contribution in [-0.2, 0) is 12.8 Å². The van der Waals surface area contributed by atoms with Gasteiger partial charge < -0.3 is 10.6 Å². The van der Waals surface area contributed by atoms with Crippen LogP contribution in [0.15, 0.2) is 72.8 Å². The lowest BCUT2D eigenvalue weighted by atomic mass is 10.1. The van der Waals surface area contributed by atoms with Gasteiger partial charge in [0.05, 0.1) is 0 Å². The van der Waals surface area contributed by atoms with Gasteiger partial charge >= 0.3 is 0 Å². The van der Waals surface area contributed by atoms with Crippen molar-refractivity contribution < 1.29 is 14.0 Å². The second kappa shape index (κ2) is 10.1. The smallest absolute Gasteiger partial charge is 0.269 e. The van der Waals surface area contributed by atoms with Crippen LogP contribution in [0.1, 0.15) is 32.1 Å². The zero-order chi connectivity index (χ0) is 20.5. The van der Waals surface area contributed by atoms with E-state index < -0.39 is 0 Å². The Kier molecular flexibility index (Phi) is 7.05. The van der Waals surface area contributed by atoms with Gasteiger partial charge in [-0.3, -0.25) is 9.59 Å². The van der Waals surface area contributed by atoms with Crippen molar-refractivity contribution in [2.45, 2.75) is 12.8 Å². The Balaban J connectivity index is 1.49. The molecule has 3 rings (SSSR count). The highest BCUT2D eigenvalue weighted by Crippen LogP contribution is 2.04. The first-order valence-corrected chi connectivity index (χ1v) is 9.43. The van der Waals surface area contributed by atoms with Crippen LogP contribution >= 0.6 is 0 Å². The van der Waals surface area contributed by atoms with Gasteiger partial charge in [0.2, 0.25) is 0 Å². The lowest BCUT2D eigenvalue weighted by Crippen LogP contribution is -2.29. The zero-order valence-electron chi connectivity index (χ0n) is 15.9. The molecule has 29 heavy (non-hydrogen) atoms. The number of nitrogens with one attached hydrogen (secondary N) is 2. The molecule has 0 radical (unpaired) electrons. The van der Waals surface area contributed by atoms with Crippen molar-refractivity contribution in [1.82, 2.24) is 15.6 Å². The minimum atomic E-state index is -0.356. The van der Waals surface area contributed by atoms with Crippen LogP contribution in [0.2, 0.25) is 0 Å². The summed E-state index contributed by atoms with van der Waals surface area (Å²) in [7, 11) is 0. The fourth-order valence-corrected chi connectivity index (χ4v) is 2.81. The van der Waals surface area contributed by atoms with Crippen LogP contribution in [0.25, 0.3) is 0 Å². The Morgan fingerprint density at radius 1 is 0.690 bits per heavy atom. The maximum absolute atomic E-state index is 12.9. The van der Waals surface area contributed by atoms with E-state index in [2.05, 4.69) is 15.6 Å². The summed E-state index contributed by atoms with van der Waals surface area (Å²) in [6.45, 7) is 0.873. The molecule has 0 saturated heterocycles. The van der Waals surface area contributed by atoms with E-state index in [1.54, 1.807) is 30.3 Å². The molecule has 2 aromatic carbocycles. The number of halogens is 1. The zero-order valence-corrected chi connectivity index (χ0v) is 15.9. The number of nitrogens with zero attached hydrogens (tertiary/aromatic N) is 1. The molecule has 6 heteroatoms. The molecule has 5 nitrogen and oxygen atoms in total. The monoisotopic (exact) mass is 391 g/mol. The van der Waals surface area contributed by atoms with E-state index in [9.17, 15) is 14.0 Å². The van der Waals surface area contributed by atoms with Gasteiger partial charge in [-0.05, 0) is 48.2 Å². The van der Waals surface area contributed by atoms with Gasteiger partial charge in [0.1, 0.15) is 17.2 Å². The van der Waals surface area contributed by atoms with Crippen LogP contribution in [0.4, 0.5) is 4.39 Å². The fourth-order valence-electron chi connectivity index (χ4n) is 2.81. The molecule has 0 aliphatic carbocycles. The molecule has 0 spiro atoms. The summed E-state index contributed by atoms with van der Waals surface area (Å²) in [5.41, 5.74) is 2.44. The van der Waals surface area contributed by atoms with E-state index in [-0.39, 0.29) is 29.0 Å². The minimum Gasteiger partial charge on any atom is -0.350 e. The third-order valence-corrected chi connectivity index (χ3v) is 4.37. The number of amides is 2. The Bertz CT molecular complexity index is 959. The van der Waals surface area contributed by atoms with Crippen molar-refractivity contribution in [2.75, 3.05) is 13.1 Å². The van der Waals surface area contributed by atoms with Crippen LogP contribution in [0.5, 0.6) is 0 Å². The number of hydrogen-bond acceptors (Lipinski definition) is 3. The Morgan fingerprint density at radius 2 is 1.21 bits per heavy atom. The predicted octanol–water partition coefficient (Wildman–Crippen LogP) is 3.17. The number of rotatable bonds is 8. The van der Waals surface area contributed by atoms with Crippen LogP contribution in [-0.4, -0.2) is 29.9 Å². The molecule has 1 heterocycles. The summed E-state index contributed by atoms with van der Waals surface area (Å²) in [6, 6.07) is 20.8. The third kappa shape index (κ3) is 6.24. The van der Waals surface area contributed by atoms with Crippen molar-refractivity contribution in [2.24, 2.45) is 0 Å². The first kappa shape index (κ1) is 20.2. The SMILES string of the molecule is O=C(NCCc1ccccc1)c1cccc(C(=O)NCCc2ccc(F)cc2)n1. The van der Waals surface area contributed by atoms with Crippen LogP contribution < -0.4 is 10.6 Å². The molecule has 0 atom stereocenters. The Labute approximate surface area is 169 Å². The van der Waals surface area contributed by atoms with Crippen molar-refractivity contribution >= 4 is 11.8 Å². The number of hydrogen-bond donors (Lipinski definition) is 2. The molecule has 0 aliphatic heterocycles. The average Bonchev–Trinajstić information content (AvgIpc) is 2.76. The predicted molar refractivity (Wildman–Crippen MR) is 109 cm³/mol. The topological polar surface area (TPSA) is 71.1 Å². The van der Waals surface area contributed by atoms with Gasteiger partial charge in [-0.15, -0.1) is 0 Å². The summed E-state index contributed by atoms with van der Waals surface area (Å²) >= 11 is 0. The van der Waals surface area contributed by atoms with Gasteiger partial charge in [0, 0.05) is 13.1 Å². The number of pyridine rings is 1. The number of benzene rings is 2. The standard InChI is InChI=1S/C23H22FN3O2/c24-19-11-9-18(10-12-19)14-16-26-23(29)21-8-4-7-20(27-21)22(28)25-15-13-17-5-2-1-3-6-17/h1-12H,13-16H2,(H,25,28)(H,26,29). The van der Waals surface area contributed by atoms with E-state index in [1.807, 2.05) is 30.3 Å². The Hall–Kier alpha value is -3.54. The maximum Gasteiger partial charge on any atom is 0.269 e. The summed E-state index contributed by atoms with van der Waals surface area (Å²) in [5.74, 6) is -0.964. The van der Waals surface area contributed by atoms with Crippen LogP contribution in [0.3, 0.4) is 0 Å². The number of aromatic nitrogens is 1. The van der Waals surface area contributed by atoms with Crippen molar-refractivity contribution in [3.63, 3.8) is 0 Å². The lowest BCUT2D eigenvalue weighted by Gasteiger charge is -2.08. The molecule has 1 aromatic heterocycles. The average molecular weight is 391 g/mol. The first-order valence-electron chi connectivity index (χ1n) is 9.43. The largest absolute Gasteiger partial charge is 0.350 e. The van der Waals surface area contributed by atoms with Gasteiger partial charge in [0.15, 0.2) is 0 Å². The molecular formula is C23H22FN3O2. The number of carbonyl (C=O) groups excluding carboxylic acids is 2. The normalized spacial score (nSPS) is 10.4. The first-order chi connectivity index (χ1) is 14.1. The highest BCUT2D eigenvalue weighted by atomic mass is 19.1. The summed E-state index contributed by atoms with van der Waals surface area (Å²) in [6.07, 6.45) is 1.29. The maximum atomic E-state index is 12.9.